The monoisotopic (exact) mass is 426 g/mol. The van der Waals surface area contributed by atoms with Crippen molar-refractivity contribution in [3.05, 3.63) is 53.4 Å². The van der Waals surface area contributed by atoms with Crippen LogP contribution in [0.5, 0.6) is 17.2 Å². The molecular weight excluding hydrogens is 400 g/mol. The molecule has 6 nitrogen and oxygen atoms in total. The van der Waals surface area contributed by atoms with Gasteiger partial charge in [-0.25, -0.2) is 4.98 Å². The highest BCUT2D eigenvalue weighted by Crippen LogP contribution is 2.34. The number of aromatic nitrogens is 1. The molecule has 0 fully saturated rings. The van der Waals surface area contributed by atoms with Gasteiger partial charge in [-0.1, -0.05) is 19.8 Å². The first-order valence-corrected chi connectivity index (χ1v) is 10.7. The molecule has 0 atom stereocenters. The molecule has 0 bridgehead atoms. The predicted octanol–water partition coefficient (Wildman–Crippen LogP) is 5.65. The van der Waals surface area contributed by atoms with Gasteiger partial charge in [-0.15, -0.1) is 11.3 Å². The van der Waals surface area contributed by atoms with Gasteiger partial charge in [0.05, 0.1) is 26.5 Å². The van der Waals surface area contributed by atoms with Crippen LogP contribution in [0.4, 0.5) is 5.13 Å². The maximum atomic E-state index is 12.6. The van der Waals surface area contributed by atoms with Gasteiger partial charge in [0.15, 0.2) is 5.13 Å². The number of methoxy groups -OCH3 is 2. The molecule has 0 saturated carbocycles. The molecule has 7 heteroatoms. The Morgan fingerprint density at radius 3 is 2.50 bits per heavy atom. The van der Waals surface area contributed by atoms with E-state index in [1.807, 2.05) is 29.6 Å². The molecule has 158 valence electrons. The van der Waals surface area contributed by atoms with Crippen molar-refractivity contribution >= 4 is 22.4 Å². The van der Waals surface area contributed by atoms with Gasteiger partial charge in [0.1, 0.15) is 17.2 Å². The van der Waals surface area contributed by atoms with Crippen molar-refractivity contribution in [2.24, 2.45) is 0 Å². The summed E-state index contributed by atoms with van der Waals surface area (Å²) in [5.41, 5.74) is 2.11. The zero-order valence-corrected chi connectivity index (χ0v) is 18.3. The highest BCUT2D eigenvalue weighted by Gasteiger charge is 2.13. The van der Waals surface area contributed by atoms with Gasteiger partial charge in [0.2, 0.25) is 0 Å². The molecule has 0 aliphatic carbocycles. The first-order valence-electron chi connectivity index (χ1n) is 9.86. The van der Waals surface area contributed by atoms with Crippen LogP contribution in [0.25, 0.3) is 11.3 Å². The Balaban J connectivity index is 1.64. The number of ether oxygens (including phenoxy) is 3. The lowest BCUT2D eigenvalue weighted by molar-refractivity contribution is 0.102. The van der Waals surface area contributed by atoms with E-state index in [-0.39, 0.29) is 5.91 Å². The van der Waals surface area contributed by atoms with Crippen LogP contribution in [-0.2, 0) is 0 Å². The standard InChI is InChI=1S/C23H26N2O4S/c1-4-5-6-13-29-17-9-7-16(8-10-17)22(26)25-23-24-20(15-30-23)19-12-11-18(27-2)14-21(19)28-3/h7-12,14-15H,4-6,13H2,1-3H3,(H,24,25,26). The van der Waals surface area contributed by atoms with E-state index in [1.165, 1.54) is 11.3 Å². The van der Waals surface area contributed by atoms with Gasteiger partial charge in [-0.2, -0.15) is 0 Å². The van der Waals surface area contributed by atoms with Crippen LogP contribution in [0.1, 0.15) is 36.5 Å². The summed E-state index contributed by atoms with van der Waals surface area (Å²) in [5.74, 6) is 1.92. The molecule has 1 N–H and O–H groups in total. The van der Waals surface area contributed by atoms with Gasteiger partial charge >= 0.3 is 0 Å². The minimum atomic E-state index is -0.213. The zero-order chi connectivity index (χ0) is 21.3. The summed E-state index contributed by atoms with van der Waals surface area (Å²) in [6.45, 7) is 2.85. The molecular formula is C23H26N2O4S. The summed E-state index contributed by atoms with van der Waals surface area (Å²) in [7, 11) is 3.21. The fraction of sp³-hybridized carbons (Fsp3) is 0.304. The molecule has 1 heterocycles. The number of rotatable bonds is 10. The maximum absolute atomic E-state index is 12.6. The maximum Gasteiger partial charge on any atom is 0.257 e. The van der Waals surface area contributed by atoms with Crippen LogP contribution in [0, 0.1) is 0 Å². The molecule has 0 unspecified atom stereocenters. The number of amides is 1. The third kappa shape index (κ3) is 5.51. The van der Waals surface area contributed by atoms with Crippen LogP contribution in [-0.4, -0.2) is 31.7 Å². The largest absolute Gasteiger partial charge is 0.497 e. The minimum absolute atomic E-state index is 0.213. The number of unbranched alkanes of at least 4 members (excludes halogenated alkanes) is 2. The van der Waals surface area contributed by atoms with Crippen LogP contribution in [0.3, 0.4) is 0 Å². The summed E-state index contributed by atoms with van der Waals surface area (Å²) in [4.78, 5) is 17.1. The summed E-state index contributed by atoms with van der Waals surface area (Å²) in [6, 6.07) is 12.7. The average molecular weight is 427 g/mol. The van der Waals surface area contributed by atoms with Gasteiger partial charge in [-0.3, -0.25) is 10.1 Å². The van der Waals surface area contributed by atoms with E-state index in [1.54, 1.807) is 32.4 Å². The molecule has 1 aromatic heterocycles. The molecule has 3 rings (SSSR count). The number of carbonyl (C=O) groups excluding carboxylic acids is 1. The Morgan fingerprint density at radius 2 is 1.80 bits per heavy atom. The molecule has 0 aliphatic rings. The van der Waals surface area contributed by atoms with E-state index < -0.39 is 0 Å². The van der Waals surface area contributed by atoms with Crippen molar-refractivity contribution in [1.82, 2.24) is 4.98 Å². The minimum Gasteiger partial charge on any atom is -0.497 e. The van der Waals surface area contributed by atoms with Crippen molar-refractivity contribution in [2.45, 2.75) is 26.2 Å². The lowest BCUT2D eigenvalue weighted by Crippen LogP contribution is -2.11. The highest BCUT2D eigenvalue weighted by molar-refractivity contribution is 7.14. The topological polar surface area (TPSA) is 69.7 Å². The molecule has 0 saturated heterocycles. The lowest BCUT2D eigenvalue weighted by atomic mass is 10.1. The van der Waals surface area contributed by atoms with E-state index in [4.69, 9.17) is 14.2 Å². The number of thiazole rings is 1. The summed E-state index contributed by atoms with van der Waals surface area (Å²) >= 11 is 1.36. The first-order chi connectivity index (χ1) is 14.6. The quantitative estimate of drug-likeness (QED) is 0.424. The van der Waals surface area contributed by atoms with Gasteiger partial charge in [-0.05, 0) is 42.8 Å². The van der Waals surface area contributed by atoms with Gasteiger partial charge in [0, 0.05) is 22.6 Å². The molecule has 3 aromatic rings. The highest BCUT2D eigenvalue weighted by atomic mass is 32.1. The third-order valence-electron chi connectivity index (χ3n) is 4.54. The van der Waals surface area contributed by atoms with Crippen LogP contribution < -0.4 is 19.5 Å². The SMILES string of the molecule is CCCCCOc1ccc(C(=O)Nc2nc(-c3ccc(OC)cc3OC)cs2)cc1. The number of hydrogen-bond donors (Lipinski definition) is 1. The van der Waals surface area contributed by atoms with E-state index in [2.05, 4.69) is 17.2 Å². The number of nitrogens with zero attached hydrogens (tertiary/aromatic N) is 1. The second kappa shape index (κ2) is 10.6. The Labute approximate surface area is 180 Å². The van der Waals surface area contributed by atoms with Crippen molar-refractivity contribution in [3.8, 4) is 28.5 Å². The molecule has 0 spiro atoms. The van der Waals surface area contributed by atoms with Crippen LogP contribution in [0.2, 0.25) is 0 Å². The van der Waals surface area contributed by atoms with Crippen molar-refractivity contribution in [1.29, 1.82) is 0 Å². The predicted molar refractivity (Wildman–Crippen MR) is 120 cm³/mol. The van der Waals surface area contributed by atoms with E-state index in [9.17, 15) is 4.79 Å². The molecule has 0 aliphatic heterocycles. The summed E-state index contributed by atoms with van der Waals surface area (Å²) in [5, 5.41) is 5.25. The van der Waals surface area contributed by atoms with Crippen molar-refractivity contribution < 1.29 is 19.0 Å². The second-order valence-corrected chi connectivity index (χ2v) is 7.50. The van der Waals surface area contributed by atoms with Crippen molar-refractivity contribution in [2.75, 3.05) is 26.1 Å². The molecule has 2 aromatic carbocycles. The number of benzene rings is 2. The normalized spacial score (nSPS) is 10.5. The smallest absolute Gasteiger partial charge is 0.257 e. The van der Waals surface area contributed by atoms with Gasteiger partial charge < -0.3 is 14.2 Å². The Kier molecular flexibility index (Phi) is 7.68. The van der Waals surface area contributed by atoms with Crippen LogP contribution >= 0.6 is 11.3 Å². The van der Waals surface area contributed by atoms with E-state index in [0.717, 1.165) is 36.3 Å². The number of anilines is 1. The Hall–Kier alpha value is -3.06. The number of hydrogen-bond acceptors (Lipinski definition) is 6. The summed E-state index contributed by atoms with van der Waals surface area (Å²) < 4.78 is 16.4. The second-order valence-electron chi connectivity index (χ2n) is 6.64. The fourth-order valence-corrected chi connectivity index (χ4v) is 3.58. The third-order valence-corrected chi connectivity index (χ3v) is 5.30. The fourth-order valence-electron chi connectivity index (χ4n) is 2.88. The zero-order valence-electron chi connectivity index (χ0n) is 17.4. The molecule has 0 radical (unpaired) electrons. The van der Waals surface area contributed by atoms with Crippen molar-refractivity contribution in [3.63, 3.8) is 0 Å². The molecule has 1 amide bonds. The molecule has 30 heavy (non-hydrogen) atoms. The van der Waals surface area contributed by atoms with E-state index in [0.29, 0.717) is 28.8 Å². The summed E-state index contributed by atoms with van der Waals surface area (Å²) in [6.07, 6.45) is 3.34. The van der Waals surface area contributed by atoms with E-state index >= 15 is 0 Å². The Bertz CT molecular complexity index is 970. The first kappa shape index (κ1) is 21.6. The number of carbonyl (C=O) groups is 1. The number of nitrogens with one attached hydrogen (secondary N) is 1. The average Bonchev–Trinajstić information content (AvgIpc) is 3.24. The van der Waals surface area contributed by atoms with Crippen LogP contribution in [0.15, 0.2) is 47.8 Å². The van der Waals surface area contributed by atoms with Gasteiger partial charge in [0.25, 0.3) is 5.91 Å². The Morgan fingerprint density at radius 1 is 1.03 bits per heavy atom. The lowest BCUT2D eigenvalue weighted by Gasteiger charge is -2.08.